The zero-order valence-corrected chi connectivity index (χ0v) is 17.9. The summed E-state index contributed by atoms with van der Waals surface area (Å²) < 4.78 is 5.42. The number of hydrogen-bond donors (Lipinski definition) is 2. The van der Waals surface area contributed by atoms with Crippen LogP contribution >= 0.6 is 0 Å². The van der Waals surface area contributed by atoms with Gasteiger partial charge in [0, 0.05) is 39.8 Å². The highest BCUT2D eigenvalue weighted by Crippen LogP contribution is 2.15. The van der Waals surface area contributed by atoms with Crippen molar-refractivity contribution in [3.05, 3.63) is 70.8 Å². The summed E-state index contributed by atoms with van der Waals surface area (Å²) in [6, 6.07) is 17.5. The molecule has 29 heavy (non-hydrogen) atoms. The van der Waals surface area contributed by atoms with E-state index in [1.165, 1.54) is 22.3 Å². The maximum atomic E-state index is 5.42. The van der Waals surface area contributed by atoms with Crippen molar-refractivity contribution < 1.29 is 4.74 Å². The van der Waals surface area contributed by atoms with Gasteiger partial charge >= 0.3 is 0 Å². The van der Waals surface area contributed by atoms with E-state index in [-0.39, 0.29) is 0 Å². The molecule has 5 nitrogen and oxygen atoms in total. The fourth-order valence-electron chi connectivity index (χ4n) is 3.53. The van der Waals surface area contributed by atoms with Crippen LogP contribution in [-0.4, -0.2) is 50.8 Å². The Morgan fingerprint density at radius 1 is 1.07 bits per heavy atom. The Morgan fingerprint density at radius 2 is 1.79 bits per heavy atom. The summed E-state index contributed by atoms with van der Waals surface area (Å²) in [5.74, 6) is 1.26. The maximum Gasteiger partial charge on any atom is 0.191 e. The molecule has 1 saturated heterocycles. The Labute approximate surface area is 175 Å². The van der Waals surface area contributed by atoms with Crippen molar-refractivity contribution in [1.29, 1.82) is 0 Å². The molecule has 1 heterocycles. The van der Waals surface area contributed by atoms with Gasteiger partial charge in [-0.1, -0.05) is 61.0 Å². The van der Waals surface area contributed by atoms with Crippen LogP contribution in [0.2, 0.25) is 0 Å². The molecule has 2 aromatic rings. The molecule has 1 fully saturated rings. The molecule has 0 radical (unpaired) electrons. The minimum Gasteiger partial charge on any atom is -0.379 e. The smallest absolute Gasteiger partial charge is 0.191 e. The number of aliphatic imine (C=N–C) groups is 1. The summed E-state index contributed by atoms with van der Waals surface area (Å²) >= 11 is 0. The lowest BCUT2D eigenvalue weighted by atomic mass is 9.99. The van der Waals surface area contributed by atoms with Gasteiger partial charge in [0.1, 0.15) is 0 Å². The van der Waals surface area contributed by atoms with E-state index in [9.17, 15) is 0 Å². The Morgan fingerprint density at radius 3 is 2.48 bits per heavy atom. The van der Waals surface area contributed by atoms with Crippen LogP contribution in [0.5, 0.6) is 0 Å². The van der Waals surface area contributed by atoms with E-state index in [1.54, 1.807) is 0 Å². The van der Waals surface area contributed by atoms with Gasteiger partial charge in [-0.15, -0.1) is 0 Å². The third-order valence-electron chi connectivity index (χ3n) is 5.40. The number of ether oxygens (including phenoxy) is 1. The monoisotopic (exact) mass is 394 g/mol. The number of rotatable bonds is 7. The fraction of sp³-hybridized carbons (Fsp3) is 0.458. The second-order valence-corrected chi connectivity index (χ2v) is 7.83. The van der Waals surface area contributed by atoms with Crippen molar-refractivity contribution in [2.45, 2.75) is 32.9 Å². The molecule has 0 aliphatic carbocycles. The lowest BCUT2D eigenvalue weighted by molar-refractivity contribution is 0.0342. The number of benzene rings is 2. The molecule has 2 N–H and O–H groups in total. The van der Waals surface area contributed by atoms with Gasteiger partial charge in [-0.3, -0.25) is 9.89 Å². The molecule has 0 saturated carbocycles. The Bertz CT molecular complexity index is 782. The average Bonchev–Trinajstić information content (AvgIpc) is 2.75. The lowest BCUT2D eigenvalue weighted by Gasteiger charge is -2.26. The third kappa shape index (κ3) is 6.87. The summed E-state index contributed by atoms with van der Waals surface area (Å²) in [6.45, 7) is 10.7. The summed E-state index contributed by atoms with van der Waals surface area (Å²) in [5.41, 5.74) is 5.26. The normalized spacial score (nSPS) is 16.4. The first-order chi connectivity index (χ1) is 14.1. The summed E-state index contributed by atoms with van der Waals surface area (Å²) in [4.78, 5) is 6.80. The van der Waals surface area contributed by atoms with Crippen LogP contribution in [0, 0.1) is 6.92 Å². The molecule has 5 heteroatoms. The Kier molecular flexibility index (Phi) is 8.08. The zero-order chi connectivity index (χ0) is 20.5. The Hall–Kier alpha value is -2.37. The van der Waals surface area contributed by atoms with E-state index in [0.717, 1.165) is 51.9 Å². The molecular formula is C24H34N4O. The molecule has 156 valence electrons. The molecule has 0 aromatic heterocycles. The molecule has 1 atom stereocenters. The van der Waals surface area contributed by atoms with Gasteiger partial charge in [0.25, 0.3) is 0 Å². The van der Waals surface area contributed by atoms with Gasteiger partial charge in [-0.25, -0.2) is 0 Å². The number of aryl methyl sites for hydroxylation is 1. The van der Waals surface area contributed by atoms with Crippen molar-refractivity contribution in [3.8, 4) is 0 Å². The minimum atomic E-state index is 0.424. The Balaban J connectivity index is 1.44. The number of morpholine rings is 1. The van der Waals surface area contributed by atoms with Crippen LogP contribution < -0.4 is 10.6 Å². The molecule has 0 amide bonds. The highest BCUT2D eigenvalue weighted by Gasteiger charge is 2.10. The molecular weight excluding hydrogens is 360 g/mol. The number of nitrogens with one attached hydrogen (secondary N) is 2. The second kappa shape index (κ2) is 11.0. The minimum absolute atomic E-state index is 0.424. The van der Waals surface area contributed by atoms with Crippen molar-refractivity contribution in [2.75, 3.05) is 39.9 Å². The number of hydrogen-bond acceptors (Lipinski definition) is 3. The highest BCUT2D eigenvalue weighted by atomic mass is 16.5. The van der Waals surface area contributed by atoms with Gasteiger partial charge in [0.15, 0.2) is 5.96 Å². The van der Waals surface area contributed by atoms with E-state index in [4.69, 9.17) is 4.74 Å². The predicted octanol–water partition coefficient (Wildman–Crippen LogP) is 3.30. The van der Waals surface area contributed by atoms with E-state index in [2.05, 4.69) is 82.9 Å². The standard InChI is InChI=1S/C24H34N4O/c1-19-5-4-6-23(15-19)20(2)16-26-24(25-3)27-17-21-7-9-22(10-8-21)18-28-11-13-29-14-12-28/h4-10,15,20H,11-14,16-18H2,1-3H3,(H2,25,26,27). The first kappa shape index (κ1) is 21.3. The largest absolute Gasteiger partial charge is 0.379 e. The number of nitrogens with zero attached hydrogens (tertiary/aromatic N) is 2. The van der Waals surface area contributed by atoms with Gasteiger partial charge in [0.05, 0.1) is 13.2 Å². The van der Waals surface area contributed by atoms with Crippen LogP contribution in [-0.2, 0) is 17.8 Å². The summed E-state index contributed by atoms with van der Waals surface area (Å²) in [7, 11) is 1.82. The van der Waals surface area contributed by atoms with E-state index in [1.807, 2.05) is 7.05 Å². The second-order valence-electron chi connectivity index (χ2n) is 7.83. The quantitative estimate of drug-likeness (QED) is 0.559. The van der Waals surface area contributed by atoms with Crippen molar-refractivity contribution in [3.63, 3.8) is 0 Å². The van der Waals surface area contributed by atoms with Crippen molar-refractivity contribution in [1.82, 2.24) is 15.5 Å². The zero-order valence-electron chi connectivity index (χ0n) is 17.9. The number of guanidine groups is 1. The van der Waals surface area contributed by atoms with Gasteiger partial charge < -0.3 is 15.4 Å². The van der Waals surface area contributed by atoms with Crippen molar-refractivity contribution in [2.24, 2.45) is 4.99 Å². The molecule has 1 aliphatic heterocycles. The summed E-state index contributed by atoms with van der Waals surface area (Å²) in [5, 5.41) is 6.86. The molecule has 0 spiro atoms. The molecule has 2 aromatic carbocycles. The van der Waals surface area contributed by atoms with E-state index < -0.39 is 0 Å². The highest BCUT2D eigenvalue weighted by molar-refractivity contribution is 5.79. The molecule has 1 aliphatic rings. The van der Waals surface area contributed by atoms with Gasteiger partial charge in [-0.2, -0.15) is 0 Å². The fourth-order valence-corrected chi connectivity index (χ4v) is 3.53. The van der Waals surface area contributed by atoms with Crippen LogP contribution in [0.4, 0.5) is 0 Å². The molecule has 0 bridgehead atoms. The van der Waals surface area contributed by atoms with Crippen LogP contribution in [0.1, 0.15) is 35.1 Å². The maximum absolute atomic E-state index is 5.42. The molecule has 3 rings (SSSR count). The van der Waals surface area contributed by atoms with E-state index >= 15 is 0 Å². The topological polar surface area (TPSA) is 48.9 Å². The van der Waals surface area contributed by atoms with Gasteiger partial charge in [0.2, 0.25) is 0 Å². The van der Waals surface area contributed by atoms with Crippen LogP contribution in [0.25, 0.3) is 0 Å². The SMILES string of the molecule is CN=C(NCc1ccc(CN2CCOCC2)cc1)NCC(C)c1cccc(C)c1. The molecule has 1 unspecified atom stereocenters. The average molecular weight is 395 g/mol. The van der Waals surface area contributed by atoms with Gasteiger partial charge in [-0.05, 0) is 29.5 Å². The third-order valence-corrected chi connectivity index (χ3v) is 5.40. The predicted molar refractivity (Wildman–Crippen MR) is 120 cm³/mol. The van der Waals surface area contributed by atoms with Crippen molar-refractivity contribution >= 4 is 5.96 Å². The first-order valence-corrected chi connectivity index (χ1v) is 10.5. The van der Waals surface area contributed by atoms with Crippen LogP contribution in [0.15, 0.2) is 53.5 Å². The summed E-state index contributed by atoms with van der Waals surface area (Å²) in [6.07, 6.45) is 0. The van der Waals surface area contributed by atoms with E-state index in [0.29, 0.717) is 5.92 Å². The van der Waals surface area contributed by atoms with Crippen LogP contribution in [0.3, 0.4) is 0 Å². The lowest BCUT2D eigenvalue weighted by Crippen LogP contribution is -2.38. The first-order valence-electron chi connectivity index (χ1n) is 10.5.